The van der Waals surface area contributed by atoms with E-state index in [1.807, 2.05) is 0 Å². The molecule has 7 heteroatoms. The zero-order valence-electron chi connectivity index (χ0n) is 14.6. The molecular weight excluding hydrogens is 351 g/mol. The molecule has 1 atom stereocenters. The molecule has 0 amide bonds. The third kappa shape index (κ3) is 3.88. The summed E-state index contributed by atoms with van der Waals surface area (Å²) in [7, 11) is 0. The van der Waals surface area contributed by atoms with Gasteiger partial charge in [0.1, 0.15) is 0 Å². The van der Waals surface area contributed by atoms with Crippen molar-refractivity contribution in [2.24, 2.45) is 5.73 Å². The van der Waals surface area contributed by atoms with Crippen LogP contribution in [0.5, 0.6) is 0 Å². The van der Waals surface area contributed by atoms with Crippen LogP contribution in [0, 0.1) is 0 Å². The smallest absolute Gasteiger partial charge is 0.325 e. The van der Waals surface area contributed by atoms with Gasteiger partial charge in [0.05, 0.1) is 0 Å². The SMILES string of the molecule is NC1(CCC2NCCc3cc(C(F)(F)C(F)(F)F)ccc32)CCCCC1. The number of nitrogens with two attached hydrogens (primary N) is 1. The fourth-order valence-corrected chi connectivity index (χ4v) is 4.21. The summed E-state index contributed by atoms with van der Waals surface area (Å²) >= 11 is 0. The summed E-state index contributed by atoms with van der Waals surface area (Å²) in [5.74, 6) is -4.83. The van der Waals surface area contributed by atoms with Gasteiger partial charge in [0.25, 0.3) is 0 Å². The van der Waals surface area contributed by atoms with Crippen LogP contribution in [0.1, 0.15) is 67.7 Å². The second-order valence-electron chi connectivity index (χ2n) is 7.70. The van der Waals surface area contributed by atoms with Crippen molar-refractivity contribution in [1.29, 1.82) is 0 Å². The highest BCUT2D eigenvalue weighted by atomic mass is 19.4. The fourth-order valence-electron chi connectivity index (χ4n) is 4.21. The van der Waals surface area contributed by atoms with E-state index in [-0.39, 0.29) is 11.6 Å². The third-order valence-electron chi connectivity index (χ3n) is 5.80. The van der Waals surface area contributed by atoms with Gasteiger partial charge in [-0.2, -0.15) is 22.0 Å². The maximum absolute atomic E-state index is 13.6. The minimum atomic E-state index is -5.58. The molecule has 146 valence electrons. The van der Waals surface area contributed by atoms with Gasteiger partial charge in [-0.1, -0.05) is 31.4 Å². The number of hydrogen-bond donors (Lipinski definition) is 2. The Morgan fingerprint density at radius 2 is 1.77 bits per heavy atom. The van der Waals surface area contributed by atoms with Crippen molar-refractivity contribution in [1.82, 2.24) is 5.32 Å². The zero-order valence-corrected chi connectivity index (χ0v) is 14.6. The van der Waals surface area contributed by atoms with E-state index in [0.29, 0.717) is 18.5 Å². The first kappa shape index (κ1) is 19.5. The molecule has 1 aromatic rings. The largest absolute Gasteiger partial charge is 0.458 e. The van der Waals surface area contributed by atoms with Crippen LogP contribution >= 0.6 is 0 Å². The highest BCUT2D eigenvalue weighted by molar-refractivity contribution is 5.38. The molecule has 1 aromatic carbocycles. The summed E-state index contributed by atoms with van der Waals surface area (Å²) in [4.78, 5) is 0. The van der Waals surface area contributed by atoms with E-state index in [2.05, 4.69) is 5.32 Å². The standard InChI is InChI=1S/C19H25F5N2/c20-18(21,19(22,23)24)14-4-5-15-13(12-14)7-11-26-16(15)6-10-17(25)8-2-1-3-9-17/h4-5,12,16,26H,1-3,6-11,25H2. The lowest BCUT2D eigenvalue weighted by atomic mass is 9.77. The van der Waals surface area contributed by atoms with E-state index >= 15 is 0 Å². The lowest BCUT2D eigenvalue weighted by Gasteiger charge is -2.36. The van der Waals surface area contributed by atoms with Crippen LogP contribution in [-0.4, -0.2) is 18.3 Å². The third-order valence-corrected chi connectivity index (χ3v) is 5.80. The molecule has 0 radical (unpaired) electrons. The van der Waals surface area contributed by atoms with Crippen LogP contribution in [0.15, 0.2) is 18.2 Å². The Balaban J connectivity index is 1.76. The number of hydrogen-bond acceptors (Lipinski definition) is 2. The minimum absolute atomic E-state index is 0.0466. The number of alkyl halides is 5. The lowest BCUT2D eigenvalue weighted by molar-refractivity contribution is -0.289. The number of fused-ring (bicyclic) bond motifs is 1. The quantitative estimate of drug-likeness (QED) is 0.728. The summed E-state index contributed by atoms with van der Waals surface area (Å²) in [5, 5.41) is 3.36. The molecule has 1 aliphatic carbocycles. The van der Waals surface area contributed by atoms with Crippen LogP contribution in [0.4, 0.5) is 22.0 Å². The Bertz CT molecular complexity index is 635. The van der Waals surface area contributed by atoms with Crippen molar-refractivity contribution in [3.63, 3.8) is 0 Å². The average molecular weight is 376 g/mol. The normalized spacial score (nSPS) is 23.5. The van der Waals surface area contributed by atoms with Gasteiger partial charge >= 0.3 is 12.1 Å². The molecule has 1 unspecified atom stereocenters. The van der Waals surface area contributed by atoms with Crippen molar-refractivity contribution < 1.29 is 22.0 Å². The van der Waals surface area contributed by atoms with Gasteiger partial charge in [-0.3, -0.25) is 0 Å². The average Bonchev–Trinajstić information content (AvgIpc) is 2.59. The fraction of sp³-hybridized carbons (Fsp3) is 0.684. The van der Waals surface area contributed by atoms with Gasteiger partial charge in [-0.05, 0) is 55.8 Å². The Kier molecular flexibility index (Phi) is 5.32. The molecule has 0 bridgehead atoms. The molecule has 2 aliphatic rings. The summed E-state index contributed by atoms with van der Waals surface area (Å²) in [5.41, 5.74) is 6.70. The van der Waals surface area contributed by atoms with E-state index in [9.17, 15) is 22.0 Å². The van der Waals surface area contributed by atoms with Gasteiger partial charge in [-0.15, -0.1) is 0 Å². The van der Waals surface area contributed by atoms with Crippen LogP contribution in [0.2, 0.25) is 0 Å². The Morgan fingerprint density at radius 3 is 2.42 bits per heavy atom. The summed E-state index contributed by atoms with van der Waals surface area (Å²) < 4.78 is 65.1. The number of halogens is 5. The van der Waals surface area contributed by atoms with Crippen molar-refractivity contribution >= 4 is 0 Å². The minimum Gasteiger partial charge on any atom is -0.325 e. The zero-order chi connectivity index (χ0) is 19.0. The number of nitrogens with one attached hydrogen (secondary N) is 1. The Labute approximate surface area is 150 Å². The first-order chi connectivity index (χ1) is 12.1. The van der Waals surface area contributed by atoms with Crippen LogP contribution in [0.3, 0.4) is 0 Å². The predicted octanol–water partition coefficient (Wildman–Crippen LogP) is 4.97. The first-order valence-electron chi connectivity index (χ1n) is 9.22. The molecule has 2 nitrogen and oxygen atoms in total. The number of rotatable bonds is 4. The molecular formula is C19H25F5N2. The second-order valence-corrected chi connectivity index (χ2v) is 7.70. The summed E-state index contributed by atoms with van der Waals surface area (Å²) in [6.45, 7) is 0.566. The van der Waals surface area contributed by atoms with Gasteiger partial charge in [-0.25, -0.2) is 0 Å². The Hall–Kier alpha value is -1.21. The van der Waals surface area contributed by atoms with E-state index in [1.165, 1.54) is 12.5 Å². The van der Waals surface area contributed by atoms with Gasteiger partial charge in [0.15, 0.2) is 0 Å². The highest BCUT2D eigenvalue weighted by Gasteiger charge is 2.58. The first-order valence-corrected chi connectivity index (χ1v) is 9.22. The van der Waals surface area contributed by atoms with Crippen molar-refractivity contribution in [2.45, 2.75) is 75.0 Å². The van der Waals surface area contributed by atoms with E-state index < -0.39 is 17.7 Å². The van der Waals surface area contributed by atoms with Gasteiger partial charge < -0.3 is 11.1 Å². The topological polar surface area (TPSA) is 38.0 Å². The van der Waals surface area contributed by atoms with Crippen LogP contribution in [-0.2, 0) is 12.3 Å². The Morgan fingerprint density at radius 1 is 1.08 bits per heavy atom. The van der Waals surface area contributed by atoms with Crippen molar-refractivity contribution in [3.05, 3.63) is 34.9 Å². The summed E-state index contributed by atoms with van der Waals surface area (Å²) in [6, 6.07) is 3.31. The molecule has 1 saturated carbocycles. The molecule has 1 heterocycles. The predicted molar refractivity (Wildman–Crippen MR) is 90.1 cm³/mol. The molecule has 3 N–H and O–H groups in total. The monoisotopic (exact) mass is 376 g/mol. The maximum atomic E-state index is 13.6. The summed E-state index contributed by atoms with van der Waals surface area (Å²) in [6.07, 6.45) is 1.89. The molecule has 26 heavy (non-hydrogen) atoms. The van der Waals surface area contributed by atoms with Crippen LogP contribution < -0.4 is 11.1 Å². The number of benzene rings is 1. The van der Waals surface area contributed by atoms with Gasteiger partial charge in [0.2, 0.25) is 0 Å². The molecule has 1 aliphatic heterocycles. The maximum Gasteiger partial charge on any atom is 0.458 e. The lowest BCUT2D eigenvalue weighted by Crippen LogP contribution is -2.43. The molecule has 1 fully saturated rings. The molecule has 0 spiro atoms. The van der Waals surface area contributed by atoms with Crippen molar-refractivity contribution in [3.8, 4) is 0 Å². The van der Waals surface area contributed by atoms with Crippen LogP contribution in [0.25, 0.3) is 0 Å². The molecule has 0 aromatic heterocycles. The van der Waals surface area contributed by atoms with E-state index in [1.54, 1.807) is 0 Å². The van der Waals surface area contributed by atoms with Crippen molar-refractivity contribution in [2.75, 3.05) is 6.54 Å². The molecule has 3 rings (SSSR count). The van der Waals surface area contributed by atoms with Gasteiger partial charge in [0, 0.05) is 17.1 Å². The van der Waals surface area contributed by atoms with E-state index in [0.717, 1.165) is 56.2 Å². The highest BCUT2D eigenvalue weighted by Crippen LogP contribution is 2.45. The van der Waals surface area contributed by atoms with E-state index in [4.69, 9.17) is 5.73 Å². The molecule has 0 saturated heterocycles. The second kappa shape index (κ2) is 7.08.